The maximum atomic E-state index is 13.6. The molecule has 2 aromatic carbocycles. The summed E-state index contributed by atoms with van der Waals surface area (Å²) in [6.07, 6.45) is 4.22. The molecular weight excluding hydrogens is 412 g/mol. The topological polar surface area (TPSA) is 91.1 Å². The van der Waals surface area contributed by atoms with Gasteiger partial charge in [-0.3, -0.25) is 14.9 Å². The molecule has 1 aliphatic carbocycles. The number of amides is 1. The SMILES string of the molecule is COc1ccc(C(=O)N2CC3(CCCC3)c3cc4c(cc3C2C)OCCO4)cc1[N+](=O)[O-]. The first-order valence-electron chi connectivity index (χ1n) is 11.0. The average molecular weight is 438 g/mol. The molecule has 3 aliphatic rings. The molecule has 8 heteroatoms. The van der Waals surface area contributed by atoms with E-state index in [1.165, 1.54) is 24.8 Å². The highest BCUT2D eigenvalue weighted by molar-refractivity contribution is 5.96. The van der Waals surface area contributed by atoms with Gasteiger partial charge >= 0.3 is 5.69 Å². The third-order valence-electron chi connectivity index (χ3n) is 7.12. The van der Waals surface area contributed by atoms with Crippen LogP contribution >= 0.6 is 0 Å². The molecule has 1 amide bonds. The van der Waals surface area contributed by atoms with Gasteiger partial charge in [0.1, 0.15) is 13.2 Å². The lowest BCUT2D eigenvalue weighted by Crippen LogP contribution is -2.48. The first kappa shape index (κ1) is 20.6. The Hall–Kier alpha value is -3.29. The van der Waals surface area contributed by atoms with Crippen LogP contribution in [0.15, 0.2) is 30.3 Å². The van der Waals surface area contributed by atoms with Crippen molar-refractivity contribution in [2.75, 3.05) is 26.9 Å². The molecule has 1 atom stereocenters. The first-order chi connectivity index (χ1) is 15.4. The summed E-state index contributed by atoms with van der Waals surface area (Å²) in [4.78, 5) is 26.4. The van der Waals surface area contributed by atoms with Gasteiger partial charge in [-0.15, -0.1) is 0 Å². The van der Waals surface area contributed by atoms with Crippen LogP contribution in [0.1, 0.15) is 60.1 Å². The van der Waals surface area contributed by atoms with Gasteiger partial charge in [0.2, 0.25) is 0 Å². The van der Waals surface area contributed by atoms with Gasteiger partial charge in [-0.1, -0.05) is 12.8 Å². The number of nitrogens with zero attached hydrogens (tertiary/aromatic N) is 2. The van der Waals surface area contributed by atoms with Crippen LogP contribution in [-0.2, 0) is 5.41 Å². The van der Waals surface area contributed by atoms with Gasteiger partial charge < -0.3 is 19.1 Å². The third kappa shape index (κ3) is 3.16. The second-order valence-corrected chi connectivity index (χ2v) is 8.82. The molecule has 168 valence electrons. The Morgan fingerprint density at radius 3 is 2.50 bits per heavy atom. The van der Waals surface area contributed by atoms with E-state index < -0.39 is 4.92 Å². The molecule has 1 unspecified atom stereocenters. The van der Waals surface area contributed by atoms with Crippen molar-refractivity contribution >= 4 is 11.6 Å². The van der Waals surface area contributed by atoms with E-state index in [4.69, 9.17) is 14.2 Å². The van der Waals surface area contributed by atoms with Crippen LogP contribution < -0.4 is 14.2 Å². The largest absolute Gasteiger partial charge is 0.490 e. The number of hydrogen-bond donors (Lipinski definition) is 0. The minimum Gasteiger partial charge on any atom is -0.490 e. The molecule has 0 saturated heterocycles. The fourth-order valence-corrected chi connectivity index (χ4v) is 5.48. The van der Waals surface area contributed by atoms with Crippen molar-refractivity contribution in [2.45, 2.75) is 44.1 Å². The first-order valence-corrected chi connectivity index (χ1v) is 11.0. The van der Waals surface area contributed by atoms with Crippen LogP contribution in [0, 0.1) is 10.1 Å². The number of nitro benzene ring substituents is 1. The van der Waals surface area contributed by atoms with Gasteiger partial charge in [0, 0.05) is 23.6 Å². The lowest BCUT2D eigenvalue weighted by molar-refractivity contribution is -0.385. The van der Waals surface area contributed by atoms with E-state index in [2.05, 4.69) is 6.07 Å². The molecule has 0 radical (unpaired) electrons. The van der Waals surface area contributed by atoms with E-state index in [9.17, 15) is 14.9 Å². The van der Waals surface area contributed by atoms with Crippen molar-refractivity contribution < 1.29 is 23.9 Å². The number of carbonyl (C=O) groups excluding carboxylic acids is 1. The van der Waals surface area contributed by atoms with Crippen LogP contribution in [0.5, 0.6) is 17.2 Å². The van der Waals surface area contributed by atoms with Crippen LogP contribution in [-0.4, -0.2) is 42.6 Å². The zero-order valence-corrected chi connectivity index (χ0v) is 18.3. The Balaban J connectivity index is 1.57. The molecule has 32 heavy (non-hydrogen) atoms. The highest BCUT2D eigenvalue weighted by atomic mass is 16.6. The maximum Gasteiger partial charge on any atom is 0.311 e. The lowest BCUT2D eigenvalue weighted by atomic mass is 9.71. The maximum absolute atomic E-state index is 13.6. The van der Waals surface area contributed by atoms with Gasteiger partial charge in [0.05, 0.1) is 18.1 Å². The zero-order valence-electron chi connectivity index (χ0n) is 18.3. The molecule has 0 bridgehead atoms. The second-order valence-electron chi connectivity index (χ2n) is 8.82. The van der Waals surface area contributed by atoms with E-state index in [0.717, 1.165) is 37.0 Å². The number of methoxy groups -OCH3 is 1. The molecule has 8 nitrogen and oxygen atoms in total. The van der Waals surface area contributed by atoms with E-state index >= 15 is 0 Å². The molecule has 2 aromatic rings. The number of fused-ring (bicyclic) bond motifs is 3. The normalized spacial score (nSPS) is 20.7. The summed E-state index contributed by atoms with van der Waals surface area (Å²) in [6, 6.07) is 8.34. The van der Waals surface area contributed by atoms with Crippen molar-refractivity contribution in [3.8, 4) is 17.2 Å². The Kier molecular flexibility index (Phi) is 4.95. The Morgan fingerprint density at radius 2 is 1.84 bits per heavy atom. The van der Waals surface area contributed by atoms with Crippen molar-refractivity contribution in [3.63, 3.8) is 0 Å². The number of hydrogen-bond acceptors (Lipinski definition) is 6. The summed E-state index contributed by atoms with van der Waals surface area (Å²) in [6.45, 7) is 3.63. The van der Waals surface area contributed by atoms with E-state index in [-0.39, 0.29) is 28.8 Å². The summed E-state index contributed by atoms with van der Waals surface area (Å²) in [5.74, 6) is 1.41. The van der Waals surface area contributed by atoms with Crippen molar-refractivity contribution in [1.82, 2.24) is 4.90 Å². The molecule has 0 aromatic heterocycles. The minimum absolute atomic E-state index is 0.133. The third-order valence-corrected chi connectivity index (χ3v) is 7.12. The van der Waals surface area contributed by atoms with Crippen LogP contribution in [0.2, 0.25) is 0 Å². The van der Waals surface area contributed by atoms with E-state index in [1.54, 1.807) is 6.07 Å². The number of ether oxygens (including phenoxy) is 3. The van der Waals surface area contributed by atoms with Crippen molar-refractivity contribution in [1.29, 1.82) is 0 Å². The average Bonchev–Trinajstić information content (AvgIpc) is 3.29. The summed E-state index contributed by atoms with van der Waals surface area (Å²) < 4.78 is 16.8. The molecule has 2 aliphatic heterocycles. The van der Waals surface area contributed by atoms with Gasteiger partial charge in [0.15, 0.2) is 17.2 Å². The quantitative estimate of drug-likeness (QED) is 0.521. The standard InChI is InChI=1S/C24H26N2O6/c1-15-17-12-21-22(32-10-9-31-21)13-18(17)24(7-3-4-8-24)14-25(15)23(27)16-5-6-20(30-2)19(11-16)26(28)29/h5-6,11-13,15H,3-4,7-10,14H2,1-2H3. The fourth-order valence-electron chi connectivity index (χ4n) is 5.48. The van der Waals surface area contributed by atoms with Gasteiger partial charge in [-0.05, 0) is 55.2 Å². The van der Waals surface area contributed by atoms with Gasteiger partial charge in [-0.2, -0.15) is 0 Å². The Bertz CT molecular complexity index is 1090. The number of rotatable bonds is 3. The number of nitro groups is 1. The Labute approximate surface area is 186 Å². The van der Waals surface area contributed by atoms with Crippen molar-refractivity contribution in [3.05, 3.63) is 57.1 Å². The molecule has 1 fully saturated rings. The summed E-state index contributed by atoms with van der Waals surface area (Å²) in [7, 11) is 1.38. The number of carbonyl (C=O) groups is 1. The molecule has 1 saturated carbocycles. The highest BCUT2D eigenvalue weighted by Gasteiger charge is 2.46. The molecule has 1 spiro atoms. The summed E-state index contributed by atoms with van der Waals surface area (Å²) in [5, 5.41) is 11.5. The molecule has 2 heterocycles. The fraction of sp³-hybridized carbons (Fsp3) is 0.458. The molecule has 0 N–H and O–H groups in total. The smallest absolute Gasteiger partial charge is 0.311 e. The predicted octanol–water partition coefficient (Wildman–Crippen LogP) is 4.40. The second kappa shape index (κ2) is 7.69. The molecule has 5 rings (SSSR count). The Morgan fingerprint density at radius 1 is 1.16 bits per heavy atom. The van der Waals surface area contributed by atoms with Crippen LogP contribution in [0.25, 0.3) is 0 Å². The highest BCUT2D eigenvalue weighted by Crippen LogP contribution is 2.52. The van der Waals surface area contributed by atoms with E-state index in [1.807, 2.05) is 17.9 Å². The number of benzene rings is 2. The minimum atomic E-state index is -0.521. The lowest BCUT2D eigenvalue weighted by Gasteiger charge is -2.46. The summed E-state index contributed by atoms with van der Waals surface area (Å²) >= 11 is 0. The van der Waals surface area contributed by atoms with Crippen LogP contribution in [0.3, 0.4) is 0 Å². The van der Waals surface area contributed by atoms with E-state index in [0.29, 0.717) is 31.1 Å². The zero-order chi connectivity index (χ0) is 22.5. The van der Waals surface area contributed by atoms with Gasteiger partial charge in [-0.25, -0.2) is 0 Å². The van der Waals surface area contributed by atoms with Crippen molar-refractivity contribution in [2.24, 2.45) is 0 Å². The monoisotopic (exact) mass is 438 g/mol. The van der Waals surface area contributed by atoms with Gasteiger partial charge in [0.25, 0.3) is 5.91 Å². The predicted molar refractivity (Wildman–Crippen MR) is 117 cm³/mol. The summed E-state index contributed by atoms with van der Waals surface area (Å²) in [5.41, 5.74) is 2.26. The van der Waals surface area contributed by atoms with Crippen LogP contribution in [0.4, 0.5) is 5.69 Å². The molecular formula is C24H26N2O6.